The fraction of sp³-hybridized carbons (Fsp3) is 0.167. The molecule has 2 N–H and O–H groups in total. The predicted molar refractivity (Wildman–Crippen MR) is 103 cm³/mol. The maximum Gasteiger partial charge on any atom is 0.340 e. The first-order valence-corrected chi connectivity index (χ1v) is 8.78. The molecule has 26 heavy (non-hydrogen) atoms. The molecule has 0 fully saturated rings. The molecule has 2 aromatic carbocycles. The first-order chi connectivity index (χ1) is 12.3. The minimum Gasteiger partial charge on any atom is -0.449 e. The highest BCUT2D eigenvalue weighted by Crippen LogP contribution is 2.22. The Morgan fingerprint density at radius 1 is 1.04 bits per heavy atom. The second-order valence-corrected chi connectivity index (χ2v) is 6.74. The van der Waals surface area contributed by atoms with E-state index < -0.39 is 18.0 Å². The molecule has 8 heteroatoms. The summed E-state index contributed by atoms with van der Waals surface area (Å²) in [6.45, 7) is 2.87. The Morgan fingerprint density at radius 2 is 1.62 bits per heavy atom. The van der Waals surface area contributed by atoms with Gasteiger partial charge in [0.15, 0.2) is 6.10 Å². The molecule has 0 aliphatic heterocycles. The summed E-state index contributed by atoms with van der Waals surface area (Å²) in [6.07, 6.45) is -1.02. The van der Waals surface area contributed by atoms with Crippen molar-refractivity contribution in [3.05, 3.63) is 57.5 Å². The molecule has 0 aliphatic rings. The number of ether oxygens (including phenoxy) is 1. The van der Waals surface area contributed by atoms with Gasteiger partial charge in [0.2, 0.25) is 5.91 Å². The third kappa shape index (κ3) is 5.57. The molecule has 0 aliphatic carbocycles. The van der Waals surface area contributed by atoms with Gasteiger partial charge in [0.25, 0.3) is 5.91 Å². The van der Waals surface area contributed by atoms with E-state index in [-0.39, 0.29) is 16.5 Å². The van der Waals surface area contributed by atoms with E-state index in [1.807, 2.05) is 0 Å². The van der Waals surface area contributed by atoms with Crippen LogP contribution in [0, 0.1) is 0 Å². The number of amides is 2. The lowest BCUT2D eigenvalue weighted by molar-refractivity contribution is -0.123. The normalized spacial score (nSPS) is 11.4. The fourth-order valence-corrected chi connectivity index (χ4v) is 2.57. The van der Waals surface area contributed by atoms with Crippen LogP contribution in [-0.2, 0) is 14.3 Å². The summed E-state index contributed by atoms with van der Waals surface area (Å²) in [4.78, 5) is 35.4. The minimum absolute atomic E-state index is 0.167. The van der Waals surface area contributed by atoms with Gasteiger partial charge in [-0.2, -0.15) is 0 Å². The topological polar surface area (TPSA) is 84.5 Å². The van der Waals surface area contributed by atoms with Crippen LogP contribution in [0.1, 0.15) is 24.2 Å². The fourth-order valence-electron chi connectivity index (χ4n) is 2.02. The van der Waals surface area contributed by atoms with Crippen molar-refractivity contribution in [2.75, 3.05) is 10.6 Å². The summed E-state index contributed by atoms with van der Waals surface area (Å²) >= 11 is 9.24. The number of esters is 1. The largest absolute Gasteiger partial charge is 0.449 e. The van der Waals surface area contributed by atoms with Gasteiger partial charge in [0.1, 0.15) is 0 Å². The van der Waals surface area contributed by atoms with Crippen molar-refractivity contribution in [1.82, 2.24) is 0 Å². The number of hydrogen-bond acceptors (Lipinski definition) is 4. The number of benzene rings is 2. The first-order valence-electron chi connectivity index (χ1n) is 7.61. The summed E-state index contributed by atoms with van der Waals surface area (Å²) in [7, 11) is 0. The van der Waals surface area contributed by atoms with Gasteiger partial charge in [-0.1, -0.05) is 27.5 Å². The molecule has 1 unspecified atom stereocenters. The summed E-state index contributed by atoms with van der Waals surface area (Å²) < 4.78 is 5.84. The van der Waals surface area contributed by atoms with E-state index in [0.717, 1.165) is 0 Å². The average Bonchev–Trinajstić information content (AvgIpc) is 2.58. The lowest BCUT2D eigenvalue weighted by atomic mass is 10.2. The first kappa shape index (κ1) is 19.9. The Balaban J connectivity index is 1.97. The van der Waals surface area contributed by atoms with Crippen LogP contribution in [0.2, 0.25) is 5.02 Å². The molecule has 2 aromatic rings. The summed E-state index contributed by atoms with van der Waals surface area (Å²) in [5, 5.41) is 5.49. The van der Waals surface area contributed by atoms with Gasteiger partial charge in [-0.3, -0.25) is 9.59 Å². The number of carbonyl (C=O) groups excluding carboxylic acids is 3. The second-order valence-electron chi connectivity index (χ2n) is 5.42. The molecule has 6 nitrogen and oxygen atoms in total. The van der Waals surface area contributed by atoms with Gasteiger partial charge < -0.3 is 15.4 Å². The number of halogens is 2. The standard InChI is InChI=1S/C18H16BrClN2O4/c1-10(26-18(25)15-9-12(19)3-8-16(15)20)17(24)22-14-6-4-13(5-7-14)21-11(2)23/h3-10H,1-2H3,(H,21,23)(H,22,24). The second kappa shape index (κ2) is 8.82. The molecule has 0 saturated heterocycles. The number of rotatable bonds is 5. The Hall–Kier alpha value is -2.38. The highest BCUT2D eigenvalue weighted by Gasteiger charge is 2.21. The van der Waals surface area contributed by atoms with Crippen molar-refractivity contribution < 1.29 is 19.1 Å². The third-order valence-electron chi connectivity index (χ3n) is 3.27. The van der Waals surface area contributed by atoms with E-state index in [1.165, 1.54) is 19.9 Å². The zero-order chi connectivity index (χ0) is 19.3. The van der Waals surface area contributed by atoms with Crippen molar-refractivity contribution >= 4 is 56.7 Å². The van der Waals surface area contributed by atoms with Crippen LogP contribution < -0.4 is 10.6 Å². The minimum atomic E-state index is -1.02. The highest BCUT2D eigenvalue weighted by molar-refractivity contribution is 9.10. The Bertz CT molecular complexity index is 840. The van der Waals surface area contributed by atoms with Crippen LogP contribution in [0.25, 0.3) is 0 Å². The van der Waals surface area contributed by atoms with Crippen molar-refractivity contribution in [2.24, 2.45) is 0 Å². The molecule has 2 rings (SSSR count). The quantitative estimate of drug-likeness (QED) is 0.682. The van der Waals surface area contributed by atoms with Gasteiger partial charge in [0.05, 0.1) is 10.6 Å². The van der Waals surface area contributed by atoms with Gasteiger partial charge in [-0.05, 0) is 49.4 Å². The number of anilines is 2. The molecule has 0 aromatic heterocycles. The van der Waals surface area contributed by atoms with Gasteiger partial charge in [-0.15, -0.1) is 0 Å². The maximum absolute atomic E-state index is 12.2. The van der Waals surface area contributed by atoms with E-state index in [1.54, 1.807) is 36.4 Å². The molecule has 136 valence electrons. The van der Waals surface area contributed by atoms with E-state index in [4.69, 9.17) is 16.3 Å². The van der Waals surface area contributed by atoms with Crippen LogP contribution in [0.4, 0.5) is 11.4 Å². The lowest BCUT2D eigenvalue weighted by Crippen LogP contribution is -2.30. The number of hydrogen-bond donors (Lipinski definition) is 2. The zero-order valence-corrected chi connectivity index (χ0v) is 16.3. The molecule has 2 amide bonds. The molecule has 1 atom stereocenters. The van der Waals surface area contributed by atoms with Gasteiger partial charge in [0, 0.05) is 22.8 Å². The maximum atomic E-state index is 12.2. The number of carbonyl (C=O) groups is 3. The monoisotopic (exact) mass is 438 g/mol. The molecule has 0 radical (unpaired) electrons. The van der Waals surface area contributed by atoms with Crippen molar-refractivity contribution in [1.29, 1.82) is 0 Å². The molecule has 0 spiro atoms. The molecule has 0 saturated carbocycles. The van der Waals surface area contributed by atoms with Gasteiger partial charge in [-0.25, -0.2) is 4.79 Å². The summed E-state index contributed by atoms with van der Waals surface area (Å²) in [5.74, 6) is -1.37. The SMILES string of the molecule is CC(=O)Nc1ccc(NC(=O)C(C)OC(=O)c2cc(Br)ccc2Cl)cc1. The van der Waals surface area contributed by atoms with Crippen LogP contribution in [0.3, 0.4) is 0 Å². The van der Waals surface area contributed by atoms with E-state index in [2.05, 4.69) is 26.6 Å². The zero-order valence-electron chi connectivity index (χ0n) is 14.0. The van der Waals surface area contributed by atoms with Crippen molar-refractivity contribution in [2.45, 2.75) is 20.0 Å². The van der Waals surface area contributed by atoms with Gasteiger partial charge >= 0.3 is 5.97 Å². The van der Waals surface area contributed by atoms with Crippen molar-refractivity contribution in [3.8, 4) is 0 Å². The van der Waals surface area contributed by atoms with E-state index in [0.29, 0.717) is 15.8 Å². The molecule has 0 heterocycles. The predicted octanol–water partition coefficient (Wildman–Crippen LogP) is 4.24. The van der Waals surface area contributed by atoms with Crippen LogP contribution in [0.15, 0.2) is 46.9 Å². The highest BCUT2D eigenvalue weighted by atomic mass is 79.9. The molecular formula is C18H16BrClN2O4. The van der Waals surface area contributed by atoms with E-state index in [9.17, 15) is 14.4 Å². The van der Waals surface area contributed by atoms with Crippen LogP contribution in [0.5, 0.6) is 0 Å². The number of nitrogens with one attached hydrogen (secondary N) is 2. The van der Waals surface area contributed by atoms with E-state index >= 15 is 0 Å². The van der Waals surface area contributed by atoms with Crippen LogP contribution in [-0.4, -0.2) is 23.9 Å². The lowest BCUT2D eigenvalue weighted by Gasteiger charge is -2.14. The third-order valence-corrected chi connectivity index (χ3v) is 4.10. The Morgan fingerprint density at radius 3 is 2.19 bits per heavy atom. The summed E-state index contributed by atoms with van der Waals surface area (Å²) in [6, 6.07) is 11.3. The smallest absolute Gasteiger partial charge is 0.340 e. The average molecular weight is 440 g/mol. The molecular weight excluding hydrogens is 424 g/mol. The Labute approximate surface area is 164 Å². The molecule has 0 bridgehead atoms. The van der Waals surface area contributed by atoms with Crippen molar-refractivity contribution in [3.63, 3.8) is 0 Å². The summed E-state index contributed by atoms with van der Waals surface area (Å²) in [5.41, 5.74) is 1.28. The Kier molecular flexibility index (Phi) is 6.76. The van der Waals surface area contributed by atoms with Crippen LogP contribution >= 0.6 is 27.5 Å².